The van der Waals surface area contributed by atoms with Crippen molar-refractivity contribution >= 4 is 11.6 Å². The third kappa shape index (κ3) is 3.10. The first-order chi connectivity index (χ1) is 8.50. The molecule has 1 aromatic rings. The van der Waals surface area contributed by atoms with E-state index in [4.69, 9.17) is 16.3 Å². The molecule has 18 heavy (non-hydrogen) atoms. The smallest absolute Gasteiger partial charge is 0.419 e. The molecule has 2 rings (SSSR count). The fourth-order valence-electron chi connectivity index (χ4n) is 2.17. The van der Waals surface area contributed by atoms with E-state index in [1.165, 1.54) is 6.07 Å². The fourth-order valence-corrected chi connectivity index (χ4v) is 2.34. The molecule has 0 radical (unpaired) electrons. The minimum atomic E-state index is -4.41. The van der Waals surface area contributed by atoms with Crippen LogP contribution >= 0.6 is 11.6 Å². The van der Waals surface area contributed by atoms with Gasteiger partial charge in [-0.05, 0) is 43.4 Å². The van der Waals surface area contributed by atoms with Crippen molar-refractivity contribution in [1.82, 2.24) is 0 Å². The first kappa shape index (κ1) is 13.5. The molecular formula is C13H14ClF3O. The van der Waals surface area contributed by atoms with E-state index in [0.29, 0.717) is 5.56 Å². The van der Waals surface area contributed by atoms with Gasteiger partial charge in [0, 0.05) is 5.88 Å². The van der Waals surface area contributed by atoms with Gasteiger partial charge in [0.05, 0.1) is 11.7 Å². The van der Waals surface area contributed by atoms with Crippen LogP contribution in [0.5, 0.6) is 5.75 Å². The highest BCUT2D eigenvalue weighted by Crippen LogP contribution is 2.38. The molecule has 1 aliphatic rings. The van der Waals surface area contributed by atoms with Gasteiger partial charge in [-0.2, -0.15) is 13.2 Å². The minimum absolute atomic E-state index is 0.0623. The second-order valence-electron chi connectivity index (χ2n) is 4.49. The monoisotopic (exact) mass is 278 g/mol. The van der Waals surface area contributed by atoms with E-state index < -0.39 is 11.7 Å². The molecule has 1 aromatic carbocycles. The lowest BCUT2D eigenvalue weighted by molar-refractivity contribution is -0.139. The normalized spacial score (nSPS) is 17.1. The maximum Gasteiger partial charge on any atom is 0.419 e. The molecule has 1 saturated carbocycles. The number of ether oxygens (including phenoxy) is 1. The average Bonchev–Trinajstić information content (AvgIpc) is 2.81. The van der Waals surface area contributed by atoms with E-state index in [9.17, 15) is 13.2 Å². The molecule has 0 amide bonds. The summed E-state index contributed by atoms with van der Waals surface area (Å²) in [6, 6.07) is 4.02. The van der Waals surface area contributed by atoms with Crippen LogP contribution in [0.4, 0.5) is 13.2 Å². The summed E-state index contributed by atoms with van der Waals surface area (Å²) in [6.07, 6.45) is -0.801. The van der Waals surface area contributed by atoms with Gasteiger partial charge < -0.3 is 4.74 Å². The Hall–Kier alpha value is -0.900. The lowest BCUT2D eigenvalue weighted by Crippen LogP contribution is -2.15. The zero-order chi connectivity index (χ0) is 13.2. The summed E-state index contributed by atoms with van der Waals surface area (Å²) in [7, 11) is 0. The Morgan fingerprint density at radius 2 is 1.89 bits per heavy atom. The molecule has 1 fully saturated rings. The molecular weight excluding hydrogens is 265 g/mol. The molecule has 0 N–H and O–H groups in total. The Morgan fingerprint density at radius 3 is 2.44 bits per heavy atom. The summed E-state index contributed by atoms with van der Waals surface area (Å²) in [4.78, 5) is 0. The number of benzene rings is 1. The van der Waals surface area contributed by atoms with Crippen molar-refractivity contribution in [3.05, 3.63) is 29.3 Å². The van der Waals surface area contributed by atoms with Crippen LogP contribution in [0.2, 0.25) is 0 Å². The summed E-state index contributed by atoms with van der Waals surface area (Å²) in [5.74, 6) is -0.0180. The van der Waals surface area contributed by atoms with Crippen molar-refractivity contribution in [2.45, 2.75) is 43.8 Å². The molecule has 0 unspecified atom stereocenters. The zero-order valence-corrected chi connectivity index (χ0v) is 10.5. The Bertz CT molecular complexity index is 411. The topological polar surface area (TPSA) is 9.23 Å². The van der Waals surface area contributed by atoms with Crippen molar-refractivity contribution in [1.29, 1.82) is 0 Å². The van der Waals surface area contributed by atoms with Gasteiger partial charge in [-0.3, -0.25) is 0 Å². The molecule has 5 heteroatoms. The van der Waals surface area contributed by atoms with Crippen LogP contribution < -0.4 is 4.74 Å². The van der Waals surface area contributed by atoms with Crippen LogP contribution in [0.25, 0.3) is 0 Å². The van der Waals surface area contributed by atoms with Gasteiger partial charge in [-0.15, -0.1) is 11.6 Å². The summed E-state index contributed by atoms with van der Waals surface area (Å²) >= 11 is 5.56. The second kappa shape index (κ2) is 5.39. The van der Waals surface area contributed by atoms with Crippen molar-refractivity contribution in [3.63, 3.8) is 0 Å². The van der Waals surface area contributed by atoms with Crippen LogP contribution in [-0.4, -0.2) is 6.10 Å². The Kier molecular flexibility index (Phi) is 4.05. The van der Waals surface area contributed by atoms with Crippen LogP contribution in [0.15, 0.2) is 18.2 Å². The lowest BCUT2D eigenvalue weighted by atomic mass is 10.1. The van der Waals surface area contributed by atoms with Crippen molar-refractivity contribution in [2.24, 2.45) is 0 Å². The van der Waals surface area contributed by atoms with E-state index in [-0.39, 0.29) is 17.7 Å². The first-order valence-electron chi connectivity index (χ1n) is 5.93. The van der Waals surface area contributed by atoms with Crippen molar-refractivity contribution in [2.75, 3.05) is 0 Å². The predicted octanol–water partition coefficient (Wildman–Crippen LogP) is 4.77. The molecule has 0 saturated heterocycles. The Labute approximate surface area is 109 Å². The van der Waals surface area contributed by atoms with E-state index >= 15 is 0 Å². The van der Waals surface area contributed by atoms with Gasteiger partial charge in [0.15, 0.2) is 0 Å². The number of alkyl halides is 4. The molecule has 0 atom stereocenters. The van der Waals surface area contributed by atoms with E-state index in [2.05, 4.69) is 0 Å². The van der Waals surface area contributed by atoms with Gasteiger partial charge in [-0.1, -0.05) is 6.07 Å². The summed E-state index contributed by atoms with van der Waals surface area (Å²) in [6.45, 7) is 0. The second-order valence-corrected chi connectivity index (χ2v) is 4.75. The average molecular weight is 279 g/mol. The molecule has 1 aliphatic carbocycles. The van der Waals surface area contributed by atoms with E-state index in [1.807, 2.05) is 0 Å². The van der Waals surface area contributed by atoms with Crippen LogP contribution in [0.3, 0.4) is 0 Å². The minimum Gasteiger partial charge on any atom is -0.490 e. The van der Waals surface area contributed by atoms with Crippen LogP contribution in [0, 0.1) is 0 Å². The van der Waals surface area contributed by atoms with E-state index in [0.717, 1.165) is 31.7 Å². The van der Waals surface area contributed by atoms with E-state index in [1.54, 1.807) is 6.07 Å². The number of hydrogen-bond donors (Lipinski definition) is 0. The van der Waals surface area contributed by atoms with Gasteiger partial charge in [0.1, 0.15) is 5.75 Å². The molecule has 0 spiro atoms. The molecule has 0 heterocycles. The SMILES string of the molecule is FC(F)(F)c1cc(CCl)ccc1OC1CCCC1. The molecule has 0 bridgehead atoms. The Balaban J connectivity index is 2.27. The summed E-state index contributed by atoms with van der Waals surface area (Å²) < 4.78 is 44.2. The van der Waals surface area contributed by atoms with Crippen molar-refractivity contribution < 1.29 is 17.9 Å². The van der Waals surface area contributed by atoms with Gasteiger partial charge in [-0.25, -0.2) is 0 Å². The quantitative estimate of drug-likeness (QED) is 0.724. The highest BCUT2D eigenvalue weighted by atomic mass is 35.5. The standard InChI is InChI=1S/C13H14ClF3O/c14-8-9-5-6-12(11(7-9)13(15,16)17)18-10-3-1-2-4-10/h5-7,10H,1-4,8H2. The number of rotatable bonds is 3. The third-order valence-electron chi connectivity index (χ3n) is 3.10. The van der Waals surface area contributed by atoms with Gasteiger partial charge in [0.2, 0.25) is 0 Å². The maximum atomic E-state index is 12.9. The third-order valence-corrected chi connectivity index (χ3v) is 3.41. The van der Waals surface area contributed by atoms with Gasteiger partial charge >= 0.3 is 6.18 Å². The van der Waals surface area contributed by atoms with Crippen LogP contribution in [0.1, 0.15) is 36.8 Å². The largest absolute Gasteiger partial charge is 0.490 e. The molecule has 0 aliphatic heterocycles. The number of hydrogen-bond acceptors (Lipinski definition) is 1. The van der Waals surface area contributed by atoms with Crippen molar-refractivity contribution in [3.8, 4) is 5.75 Å². The molecule has 100 valence electrons. The molecule has 1 nitrogen and oxygen atoms in total. The Morgan fingerprint density at radius 1 is 1.22 bits per heavy atom. The zero-order valence-electron chi connectivity index (χ0n) is 9.77. The summed E-state index contributed by atoms with van der Waals surface area (Å²) in [5, 5.41) is 0. The first-order valence-corrected chi connectivity index (χ1v) is 6.47. The number of halogens is 4. The summed E-state index contributed by atoms with van der Waals surface area (Å²) in [5.41, 5.74) is -0.282. The maximum absolute atomic E-state index is 12.9. The predicted molar refractivity (Wildman–Crippen MR) is 63.9 cm³/mol. The lowest BCUT2D eigenvalue weighted by Gasteiger charge is -2.18. The highest BCUT2D eigenvalue weighted by molar-refractivity contribution is 6.17. The van der Waals surface area contributed by atoms with Gasteiger partial charge in [0.25, 0.3) is 0 Å². The van der Waals surface area contributed by atoms with Crippen LogP contribution in [-0.2, 0) is 12.1 Å². The molecule has 0 aromatic heterocycles. The fraction of sp³-hybridized carbons (Fsp3) is 0.538. The highest BCUT2D eigenvalue weighted by Gasteiger charge is 2.35.